The lowest BCUT2D eigenvalue weighted by Gasteiger charge is -2.19. The quantitative estimate of drug-likeness (QED) is 0.935. The predicted molar refractivity (Wildman–Crippen MR) is 77.9 cm³/mol. The monoisotopic (exact) mass is 323 g/mol. The topological polar surface area (TPSA) is 64.6 Å². The second-order valence-corrected chi connectivity index (χ2v) is 6.49. The third kappa shape index (κ3) is 3.05. The van der Waals surface area contributed by atoms with Gasteiger partial charge >= 0.3 is 0 Å². The van der Waals surface area contributed by atoms with Crippen LogP contribution < -0.4 is 14.2 Å². The van der Waals surface area contributed by atoms with E-state index in [1.54, 1.807) is 18.2 Å². The first-order valence-corrected chi connectivity index (χ1v) is 8.17. The van der Waals surface area contributed by atoms with Gasteiger partial charge in [-0.3, -0.25) is 0 Å². The van der Waals surface area contributed by atoms with E-state index in [9.17, 15) is 12.8 Å². The lowest BCUT2D eigenvalue weighted by atomic mass is 10.2. The largest absolute Gasteiger partial charge is 0.486 e. The Kier molecular flexibility index (Phi) is 4.00. The minimum Gasteiger partial charge on any atom is -0.486 e. The average Bonchev–Trinajstić information content (AvgIpc) is 2.54. The van der Waals surface area contributed by atoms with Crippen LogP contribution in [0.3, 0.4) is 0 Å². The predicted octanol–water partition coefficient (Wildman–Crippen LogP) is 2.08. The molecule has 7 heteroatoms. The van der Waals surface area contributed by atoms with Crippen LogP contribution >= 0.6 is 0 Å². The Morgan fingerprint density at radius 3 is 2.55 bits per heavy atom. The Hall–Kier alpha value is -2.12. The second-order valence-electron chi connectivity index (χ2n) is 4.72. The Morgan fingerprint density at radius 1 is 1.05 bits per heavy atom. The molecule has 5 nitrogen and oxygen atoms in total. The molecule has 0 aliphatic carbocycles. The molecule has 1 heterocycles. The number of fused-ring (bicyclic) bond motifs is 1. The van der Waals surface area contributed by atoms with Gasteiger partial charge in [-0.2, -0.15) is 0 Å². The molecule has 116 valence electrons. The van der Waals surface area contributed by atoms with Gasteiger partial charge in [0.05, 0.1) is 4.90 Å². The van der Waals surface area contributed by atoms with Gasteiger partial charge in [-0.25, -0.2) is 17.5 Å². The molecule has 2 aromatic carbocycles. The number of hydrogen-bond donors (Lipinski definition) is 1. The molecule has 0 amide bonds. The molecule has 22 heavy (non-hydrogen) atoms. The van der Waals surface area contributed by atoms with E-state index < -0.39 is 15.8 Å². The van der Waals surface area contributed by atoms with Crippen LogP contribution in [0, 0.1) is 5.82 Å². The van der Waals surface area contributed by atoms with Gasteiger partial charge < -0.3 is 9.47 Å². The number of rotatable bonds is 4. The molecule has 3 rings (SSSR count). The Bertz CT molecular complexity index is 792. The summed E-state index contributed by atoms with van der Waals surface area (Å²) in [5, 5.41) is 0. The summed E-state index contributed by atoms with van der Waals surface area (Å²) in [5.41, 5.74) is 0.281. The third-order valence-electron chi connectivity index (χ3n) is 3.23. The van der Waals surface area contributed by atoms with E-state index in [-0.39, 0.29) is 17.0 Å². The maximum absolute atomic E-state index is 13.5. The van der Waals surface area contributed by atoms with Crippen LogP contribution in [0.15, 0.2) is 47.4 Å². The molecular formula is C15H14FNO4S. The second kappa shape index (κ2) is 5.94. The Labute approximate surface area is 127 Å². The molecule has 1 N–H and O–H groups in total. The highest BCUT2D eigenvalue weighted by Gasteiger charge is 2.19. The fourth-order valence-electron chi connectivity index (χ4n) is 2.09. The van der Waals surface area contributed by atoms with Crippen LogP contribution in [-0.2, 0) is 16.6 Å². The number of ether oxygens (including phenoxy) is 2. The first kappa shape index (κ1) is 14.8. The summed E-state index contributed by atoms with van der Waals surface area (Å²) >= 11 is 0. The van der Waals surface area contributed by atoms with Crippen molar-refractivity contribution in [3.63, 3.8) is 0 Å². The smallest absolute Gasteiger partial charge is 0.241 e. The Balaban J connectivity index is 1.80. The maximum atomic E-state index is 13.5. The van der Waals surface area contributed by atoms with Crippen LogP contribution in [0.1, 0.15) is 5.56 Å². The van der Waals surface area contributed by atoms with E-state index in [1.807, 2.05) is 0 Å². The van der Waals surface area contributed by atoms with Crippen molar-refractivity contribution in [3.05, 3.63) is 53.8 Å². The molecule has 2 aromatic rings. The van der Waals surface area contributed by atoms with Crippen LogP contribution in [0.25, 0.3) is 0 Å². The summed E-state index contributed by atoms with van der Waals surface area (Å²) in [5.74, 6) is 0.451. The fourth-order valence-corrected chi connectivity index (χ4v) is 3.11. The third-order valence-corrected chi connectivity index (χ3v) is 4.63. The zero-order chi connectivity index (χ0) is 15.6. The molecule has 0 bridgehead atoms. The van der Waals surface area contributed by atoms with Crippen molar-refractivity contribution >= 4 is 10.0 Å². The number of nitrogens with one attached hydrogen (secondary N) is 1. The molecule has 0 unspecified atom stereocenters. The molecule has 1 aliphatic heterocycles. The molecule has 0 saturated heterocycles. The first-order chi connectivity index (χ1) is 10.6. The minimum absolute atomic E-state index is 0.0492. The van der Waals surface area contributed by atoms with E-state index >= 15 is 0 Å². The highest BCUT2D eigenvalue weighted by molar-refractivity contribution is 7.89. The van der Waals surface area contributed by atoms with Gasteiger partial charge in [-0.15, -0.1) is 0 Å². The van der Waals surface area contributed by atoms with E-state index in [0.29, 0.717) is 24.7 Å². The molecule has 0 saturated carbocycles. The average molecular weight is 323 g/mol. The number of halogens is 1. The van der Waals surface area contributed by atoms with Gasteiger partial charge in [-0.05, 0) is 18.2 Å². The van der Waals surface area contributed by atoms with Crippen molar-refractivity contribution in [3.8, 4) is 11.5 Å². The van der Waals surface area contributed by atoms with E-state index in [4.69, 9.17) is 9.47 Å². The van der Waals surface area contributed by atoms with Crippen molar-refractivity contribution in [1.82, 2.24) is 4.72 Å². The molecule has 0 fully saturated rings. The zero-order valence-corrected chi connectivity index (χ0v) is 12.4. The highest BCUT2D eigenvalue weighted by Crippen LogP contribution is 2.32. The van der Waals surface area contributed by atoms with Crippen molar-refractivity contribution in [2.45, 2.75) is 11.4 Å². The van der Waals surface area contributed by atoms with Gasteiger partial charge in [0.1, 0.15) is 19.0 Å². The summed E-state index contributed by atoms with van der Waals surface area (Å²) in [4.78, 5) is 0.0492. The summed E-state index contributed by atoms with van der Waals surface area (Å²) in [6.45, 7) is 0.688. The SMILES string of the molecule is O=S(=O)(NCc1ccccc1F)c1ccc2c(c1)OCCO2. The van der Waals surface area contributed by atoms with E-state index in [2.05, 4.69) is 4.72 Å². The van der Waals surface area contributed by atoms with E-state index in [1.165, 1.54) is 24.3 Å². The van der Waals surface area contributed by atoms with Crippen molar-refractivity contribution < 1.29 is 22.3 Å². The van der Waals surface area contributed by atoms with Gasteiger partial charge in [0.15, 0.2) is 11.5 Å². The summed E-state index contributed by atoms with van der Waals surface area (Å²) < 4.78 is 51.2. The molecule has 1 aliphatic rings. The fraction of sp³-hybridized carbons (Fsp3) is 0.200. The Morgan fingerprint density at radius 2 is 1.77 bits per heavy atom. The van der Waals surface area contributed by atoms with Crippen molar-refractivity contribution in [2.24, 2.45) is 0 Å². The normalized spacial score (nSPS) is 13.9. The van der Waals surface area contributed by atoms with Gasteiger partial charge in [-0.1, -0.05) is 18.2 Å². The number of benzene rings is 2. The van der Waals surface area contributed by atoms with Gasteiger partial charge in [0.2, 0.25) is 10.0 Å². The molecular weight excluding hydrogens is 309 g/mol. The molecule has 0 radical (unpaired) electrons. The van der Waals surface area contributed by atoms with E-state index in [0.717, 1.165) is 0 Å². The number of hydrogen-bond acceptors (Lipinski definition) is 4. The molecule has 0 aromatic heterocycles. The minimum atomic E-state index is -3.76. The summed E-state index contributed by atoms with van der Waals surface area (Å²) in [7, 11) is -3.76. The lowest BCUT2D eigenvalue weighted by Crippen LogP contribution is -2.24. The van der Waals surface area contributed by atoms with Crippen LogP contribution in [0.5, 0.6) is 11.5 Å². The summed E-state index contributed by atoms with van der Waals surface area (Å²) in [6, 6.07) is 10.4. The first-order valence-electron chi connectivity index (χ1n) is 6.69. The van der Waals surface area contributed by atoms with Gasteiger partial charge in [0.25, 0.3) is 0 Å². The highest BCUT2D eigenvalue weighted by atomic mass is 32.2. The standard InChI is InChI=1S/C15H14FNO4S/c16-13-4-2-1-3-11(13)10-17-22(18,19)12-5-6-14-15(9-12)21-8-7-20-14/h1-6,9,17H,7-8,10H2. The van der Waals surface area contributed by atoms with Crippen molar-refractivity contribution in [1.29, 1.82) is 0 Å². The number of sulfonamides is 1. The van der Waals surface area contributed by atoms with Gasteiger partial charge in [0, 0.05) is 18.2 Å². The maximum Gasteiger partial charge on any atom is 0.241 e. The lowest BCUT2D eigenvalue weighted by molar-refractivity contribution is 0.171. The van der Waals surface area contributed by atoms with Crippen LogP contribution in [0.2, 0.25) is 0 Å². The molecule has 0 atom stereocenters. The summed E-state index contributed by atoms with van der Waals surface area (Å²) in [6.07, 6.45) is 0. The van der Waals surface area contributed by atoms with Crippen molar-refractivity contribution in [2.75, 3.05) is 13.2 Å². The van der Waals surface area contributed by atoms with Crippen LogP contribution in [0.4, 0.5) is 4.39 Å². The zero-order valence-electron chi connectivity index (χ0n) is 11.6. The molecule has 0 spiro atoms. The van der Waals surface area contributed by atoms with Crippen LogP contribution in [-0.4, -0.2) is 21.6 Å².